The van der Waals surface area contributed by atoms with Crippen molar-refractivity contribution in [1.82, 2.24) is 10.3 Å². The van der Waals surface area contributed by atoms with E-state index in [1.54, 1.807) is 11.3 Å². The van der Waals surface area contributed by atoms with Crippen molar-refractivity contribution in [1.29, 1.82) is 0 Å². The third kappa shape index (κ3) is 2.63. The van der Waals surface area contributed by atoms with Crippen LogP contribution in [0.4, 0.5) is 0 Å². The molecule has 1 aromatic rings. The molecule has 0 aromatic carbocycles. The lowest BCUT2D eigenvalue weighted by Crippen LogP contribution is -2.36. The van der Waals surface area contributed by atoms with E-state index in [0.29, 0.717) is 5.69 Å². The number of carbonyl (C=O) groups is 1. The molecule has 1 aliphatic rings. The number of hydrogen-bond donors (Lipinski definition) is 1. The second-order valence-electron chi connectivity index (χ2n) is 3.97. The summed E-state index contributed by atoms with van der Waals surface area (Å²) in [5.41, 5.74) is 0.636. The first-order valence-electron chi connectivity index (χ1n) is 5.47. The van der Waals surface area contributed by atoms with Crippen LogP contribution in [0.5, 0.6) is 0 Å². The highest BCUT2D eigenvalue weighted by molar-refractivity contribution is 7.09. The van der Waals surface area contributed by atoms with E-state index in [1.807, 2.05) is 12.3 Å². The third-order valence-electron chi connectivity index (χ3n) is 2.75. The summed E-state index contributed by atoms with van der Waals surface area (Å²) >= 11 is 1.54. The molecule has 0 spiro atoms. The second kappa shape index (κ2) is 4.86. The molecule has 0 bridgehead atoms. The summed E-state index contributed by atoms with van der Waals surface area (Å²) < 4.78 is 0. The summed E-state index contributed by atoms with van der Waals surface area (Å²) in [4.78, 5) is 16.3. The Balaban J connectivity index is 2.06. The number of hydrogen-bond acceptors (Lipinski definition) is 4. The molecular weight excluding hydrogens is 208 g/mol. The summed E-state index contributed by atoms with van der Waals surface area (Å²) in [6.07, 6.45) is 4.51. The Morgan fingerprint density at radius 1 is 1.53 bits per heavy atom. The standard InChI is InChI=1S/C11H16N2OS/c1-8-13-10(7-15-8)11(14)9-5-3-2-4-6-12-9/h7,9,12H,2-6H2,1H3. The minimum Gasteiger partial charge on any atom is -0.307 e. The van der Waals surface area contributed by atoms with Gasteiger partial charge in [0.25, 0.3) is 0 Å². The van der Waals surface area contributed by atoms with Gasteiger partial charge in [-0.2, -0.15) is 0 Å². The molecule has 2 rings (SSSR count). The van der Waals surface area contributed by atoms with E-state index in [1.165, 1.54) is 12.8 Å². The lowest BCUT2D eigenvalue weighted by atomic mass is 10.1. The zero-order valence-corrected chi connectivity index (χ0v) is 9.77. The van der Waals surface area contributed by atoms with Crippen LogP contribution in [0.15, 0.2) is 5.38 Å². The number of thiazole rings is 1. The molecule has 1 aliphatic heterocycles. The largest absolute Gasteiger partial charge is 0.307 e. The van der Waals surface area contributed by atoms with Crippen LogP contribution in [0.3, 0.4) is 0 Å². The van der Waals surface area contributed by atoms with Gasteiger partial charge in [-0.05, 0) is 26.3 Å². The van der Waals surface area contributed by atoms with Gasteiger partial charge in [-0.15, -0.1) is 11.3 Å². The van der Waals surface area contributed by atoms with E-state index >= 15 is 0 Å². The van der Waals surface area contributed by atoms with Gasteiger partial charge in [-0.3, -0.25) is 4.79 Å². The SMILES string of the molecule is Cc1nc(C(=O)C2CCCCCN2)cs1. The number of aromatic nitrogens is 1. The van der Waals surface area contributed by atoms with Gasteiger partial charge < -0.3 is 5.32 Å². The van der Waals surface area contributed by atoms with Crippen molar-refractivity contribution >= 4 is 17.1 Å². The summed E-state index contributed by atoms with van der Waals surface area (Å²) in [5.74, 6) is 0.168. The van der Waals surface area contributed by atoms with Gasteiger partial charge in [0.15, 0.2) is 5.78 Å². The molecule has 0 radical (unpaired) electrons. The maximum atomic E-state index is 12.0. The van der Waals surface area contributed by atoms with Crippen molar-refractivity contribution in [2.24, 2.45) is 0 Å². The van der Waals surface area contributed by atoms with E-state index in [0.717, 1.165) is 24.4 Å². The topological polar surface area (TPSA) is 42.0 Å². The molecule has 1 aromatic heterocycles. The van der Waals surface area contributed by atoms with Crippen molar-refractivity contribution in [3.63, 3.8) is 0 Å². The second-order valence-corrected chi connectivity index (χ2v) is 5.03. The van der Waals surface area contributed by atoms with Gasteiger partial charge in [0.1, 0.15) is 5.69 Å². The van der Waals surface area contributed by atoms with Crippen LogP contribution >= 0.6 is 11.3 Å². The molecule has 1 unspecified atom stereocenters. The first kappa shape index (κ1) is 10.8. The van der Waals surface area contributed by atoms with Gasteiger partial charge in [0, 0.05) is 5.38 Å². The van der Waals surface area contributed by atoms with Crippen molar-refractivity contribution < 1.29 is 4.79 Å². The Morgan fingerprint density at radius 2 is 2.40 bits per heavy atom. The predicted molar refractivity (Wildman–Crippen MR) is 61.4 cm³/mol. The first-order chi connectivity index (χ1) is 7.27. The lowest BCUT2D eigenvalue weighted by Gasteiger charge is -2.12. The summed E-state index contributed by atoms with van der Waals surface area (Å²) in [6.45, 7) is 2.89. The zero-order chi connectivity index (χ0) is 10.7. The highest BCUT2D eigenvalue weighted by atomic mass is 32.1. The van der Waals surface area contributed by atoms with Crippen molar-refractivity contribution in [3.05, 3.63) is 16.1 Å². The number of nitrogens with one attached hydrogen (secondary N) is 1. The van der Waals surface area contributed by atoms with Crippen LogP contribution < -0.4 is 5.32 Å². The monoisotopic (exact) mass is 224 g/mol. The Morgan fingerprint density at radius 3 is 3.13 bits per heavy atom. The van der Waals surface area contributed by atoms with Crippen LogP contribution in [-0.2, 0) is 0 Å². The van der Waals surface area contributed by atoms with E-state index in [-0.39, 0.29) is 11.8 Å². The van der Waals surface area contributed by atoms with Crippen LogP contribution in [0, 0.1) is 6.92 Å². The number of carbonyl (C=O) groups excluding carboxylic acids is 1. The quantitative estimate of drug-likeness (QED) is 0.783. The fourth-order valence-corrected chi connectivity index (χ4v) is 2.51. The molecule has 1 fully saturated rings. The Hall–Kier alpha value is -0.740. The van der Waals surface area contributed by atoms with Gasteiger partial charge in [-0.1, -0.05) is 12.8 Å². The van der Waals surface area contributed by atoms with E-state index in [9.17, 15) is 4.79 Å². The molecule has 82 valence electrons. The predicted octanol–water partition coefficient (Wildman–Crippen LogP) is 2.17. The molecule has 0 amide bonds. The fourth-order valence-electron chi connectivity index (χ4n) is 1.91. The van der Waals surface area contributed by atoms with E-state index in [2.05, 4.69) is 10.3 Å². The van der Waals surface area contributed by atoms with Gasteiger partial charge in [0.2, 0.25) is 0 Å². The normalized spacial score (nSPS) is 22.3. The molecule has 2 heterocycles. The molecule has 3 nitrogen and oxygen atoms in total. The molecule has 0 saturated carbocycles. The molecule has 1 atom stereocenters. The van der Waals surface area contributed by atoms with Crippen molar-refractivity contribution in [3.8, 4) is 0 Å². The summed E-state index contributed by atoms with van der Waals surface area (Å²) in [6, 6.07) is -0.00556. The van der Waals surface area contributed by atoms with Crippen molar-refractivity contribution in [2.45, 2.75) is 38.6 Å². The Kier molecular flexibility index (Phi) is 3.49. The summed E-state index contributed by atoms with van der Waals surface area (Å²) in [7, 11) is 0. The molecule has 15 heavy (non-hydrogen) atoms. The lowest BCUT2D eigenvalue weighted by molar-refractivity contribution is 0.0936. The maximum absolute atomic E-state index is 12.0. The minimum atomic E-state index is -0.00556. The van der Waals surface area contributed by atoms with Crippen LogP contribution in [0.2, 0.25) is 0 Å². The van der Waals surface area contributed by atoms with Gasteiger partial charge in [-0.25, -0.2) is 4.98 Å². The fraction of sp³-hybridized carbons (Fsp3) is 0.636. The third-order valence-corrected chi connectivity index (χ3v) is 3.52. The summed E-state index contributed by atoms with van der Waals surface area (Å²) in [5, 5.41) is 6.13. The molecule has 0 aliphatic carbocycles. The van der Waals surface area contributed by atoms with Gasteiger partial charge in [0.05, 0.1) is 11.0 Å². The van der Waals surface area contributed by atoms with E-state index < -0.39 is 0 Å². The Labute approximate surface area is 93.9 Å². The number of Topliss-reactive ketones (excluding diaryl/α,β-unsaturated/α-hetero) is 1. The van der Waals surface area contributed by atoms with Crippen molar-refractivity contribution in [2.75, 3.05) is 6.54 Å². The smallest absolute Gasteiger partial charge is 0.198 e. The maximum Gasteiger partial charge on any atom is 0.198 e. The molecular formula is C11H16N2OS. The number of rotatable bonds is 2. The minimum absolute atomic E-state index is 0.00556. The number of aryl methyl sites for hydroxylation is 1. The highest BCUT2D eigenvalue weighted by Gasteiger charge is 2.22. The average molecular weight is 224 g/mol. The molecule has 1 saturated heterocycles. The Bertz CT molecular complexity index is 340. The highest BCUT2D eigenvalue weighted by Crippen LogP contribution is 2.15. The number of nitrogens with zero attached hydrogens (tertiary/aromatic N) is 1. The first-order valence-corrected chi connectivity index (χ1v) is 6.35. The molecule has 4 heteroatoms. The molecule has 1 N–H and O–H groups in total. The zero-order valence-electron chi connectivity index (χ0n) is 8.95. The van der Waals surface area contributed by atoms with Crippen LogP contribution in [0.1, 0.15) is 41.2 Å². The average Bonchev–Trinajstić information content (AvgIpc) is 2.53. The van der Waals surface area contributed by atoms with Crippen LogP contribution in [0.25, 0.3) is 0 Å². The van der Waals surface area contributed by atoms with E-state index in [4.69, 9.17) is 0 Å². The van der Waals surface area contributed by atoms with Crippen LogP contribution in [-0.4, -0.2) is 23.4 Å². The van der Waals surface area contributed by atoms with Gasteiger partial charge >= 0.3 is 0 Å². The number of ketones is 1.